The van der Waals surface area contributed by atoms with E-state index in [1.807, 2.05) is 6.07 Å². The lowest BCUT2D eigenvalue weighted by Crippen LogP contribution is -1.92. The van der Waals surface area contributed by atoms with Gasteiger partial charge in [-0.15, -0.1) is 0 Å². The van der Waals surface area contributed by atoms with Gasteiger partial charge in [-0.1, -0.05) is 0 Å². The number of rotatable bonds is 1. The molecule has 3 nitrogen and oxygen atoms in total. The van der Waals surface area contributed by atoms with Gasteiger partial charge in [-0.05, 0) is 11.6 Å². The van der Waals surface area contributed by atoms with Gasteiger partial charge in [-0.3, -0.25) is 0 Å². The summed E-state index contributed by atoms with van der Waals surface area (Å²) >= 11 is 0. The van der Waals surface area contributed by atoms with E-state index in [0.717, 1.165) is 6.07 Å². The van der Waals surface area contributed by atoms with E-state index >= 15 is 0 Å². The Morgan fingerprint density at radius 3 is 2.75 bits per heavy atom. The van der Waals surface area contributed by atoms with Crippen molar-refractivity contribution in [3.63, 3.8) is 0 Å². The molecule has 0 atom stereocenters. The van der Waals surface area contributed by atoms with Crippen molar-refractivity contribution in [3.8, 4) is 12.1 Å². The summed E-state index contributed by atoms with van der Waals surface area (Å²) in [4.78, 5) is 3.53. The molecule has 0 spiro atoms. The average molecular weight is 161 g/mol. The van der Waals surface area contributed by atoms with Crippen LogP contribution in [0.1, 0.15) is 11.3 Å². The molecule has 12 heavy (non-hydrogen) atoms. The van der Waals surface area contributed by atoms with Gasteiger partial charge >= 0.3 is 0 Å². The van der Waals surface area contributed by atoms with E-state index in [1.165, 1.54) is 6.20 Å². The molecule has 0 aliphatic rings. The van der Waals surface area contributed by atoms with Crippen LogP contribution in [0.15, 0.2) is 12.3 Å². The molecule has 1 heterocycles. The minimum absolute atomic E-state index is 0.107. The molecule has 0 aromatic carbocycles. The van der Waals surface area contributed by atoms with Gasteiger partial charge in [0.2, 0.25) is 0 Å². The van der Waals surface area contributed by atoms with Gasteiger partial charge in [0.15, 0.2) is 11.5 Å². The lowest BCUT2D eigenvalue weighted by molar-refractivity contribution is 0.614. The highest BCUT2D eigenvalue weighted by atomic mass is 19.1. The van der Waals surface area contributed by atoms with Gasteiger partial charge in [-0.2, -0.15) is 10.5 Å². The summed E-state index contributed by atoms with van der Waals surface area (Å²) in [6, 6.07) is 4.60. The summed E-state index contributed by atoms with van der Waals surface area (Å²) in [5.74, 6) is -0.676. The molecule has 1 aromatic rings. The van der Waals surface area contributed by atoms with Crippen LogP contribution in [0.2, 0.25) is 0 Å². The van der Waals surface area contributed by atoms with E-state index in [0.29, 0.717) is 5.56 Å². The largest absolute Gasteiger partial charge is 0.242 e. The Hall–Kier alpha value is -1.94. The van der Waals surface area contributed by atoms with Crippen LogP contribution in [-0.2, 0) is 6.42 Å². The number of hydrogen-bond donors (Lipinski definition) is 0. The van der Waals surface area contributed by atoms with Gasteiger partial charge in [0, 0.05) is 6.20 Å². The normalized spacial score (nSPS) is 8.58. The number of nitrogens with zero attached hydrogens (tertiary/aromatic N) is 3. The van der Waals surface area contributed by atoms with Crippen LogP contribution < -0.4 is 0 Å². The van der Waals surface area contributed by atoms with Crippen molar-refractivity contribution < 1.29 is 4.39 Å². The molecule has 0 fully saturated rings. The molecule has 0 bridgehead atoms. The highest BCUT2D eigenvalue weighted by molar-refractivity contribution is 5.26. The van der Waals surface area contributed by atoms with Crippen molar-refractivity contribution in [1.29, 1.82) is 10.5 Å². The van der Waals surface area contributed by atoms with Gasteiger partial charge in [0.25, 0.3) is 0 Å². The maximum absolute atomic E-state index is 12.8. The molecular formula is C8H4FN3. The fraction of sp³-hybridized carbons (Fsp3) is 0.125. The predicted octanol–water partition coefficient (Wildman–Crippen LogP) is 1.16. The van der Waals surface area contributed by atoms with Crippen LogP contribution in [0, 0.1) is 28.5 Å². The molecule has 0 amide bonds. The Morgan fingerprint density at radius 1 is 1.50 bits per heavy atom. The third-order valence-corrected chi connectivity index (χ3v) is 1.29. The van der Waals surface area contributed by atoms with E-state index in [1.54, 1.807) is 6.07 Å². The zero-order valence-corrected chi connectivity index (χ0v) is 6.08. The Balaban J connectivity index is 3.06. The Bertz CT molecular complexity index is 373. The molecule has 0 aliphatic carbocycles. The molecule has 58 valence electrons. The number of aromatic nitrogens is 1. The van der Waals surface area contributed by atoms with E-state index in [4.69, 9.17) is 10.5 Å². The molecule has 1 aromatic heterocycles. The second-order valence-corrected chi connectivity index (χ2v) is 2.12. The van der Waals surface area contributed by atoms with Crippen LogP contribution in [-0.4, -0.2) is 4.98 Å². The first kappa shape index (κ1) is 8.16. The Kier molecular flexibility index (Phi) is 2.35. The van der Waals surface area contributed by atoms with E-state index < -0.39 is 5.82 Å². The summed E-state index contributed by atoms with van der Waals surface area (Å²) in [7, 11) is 0. The van der Waals surface area contributed by atoms with Crippen LogP contribution >= 0.6 is 0 Å². The topological polar surface area (TPSA) is 60.5 Å². The van der Waals surface area contributed by atoms with E-state index in [2.05, 4.69) is 4.98 Å². The monoisotopic (exact) mass is 161 g/mol. The third-order valence-electron chi connectivity index (χ3n) is 1.29. The van der Waals surface area contributed by atoms with Gasteiger partial charge in [-0.25, -0.2) is 9.37 Å². The molecule has 0 N–H and O–H groups in total. The van der Waals surface area contributed by atoms with Crippen molar-refractivity contribution in [3.05, 3.63) is 29.3 Å². The summed E-state index contributed by atoms with van der Waals surface area (Å²) in [6.45, 7) is 0. The quantitative estimate of drug-likeness (QED) is 0.620. The smallest absolute Gasteiger partial charge is 0.176 e. The highest BCUT2D eigenvalue weighted by Gasteiger charge is 2.02. The van der Waals surface area contributed by atoms with Crippen LogP contribution in [0.5, 0.6) is 0 Å². The molecular weight excluding hydrogens is 157 g/mol. The van der Waals surface area contributed by atoms with Crippen LogP contribution in [0.3, 0.4) is 0 Å². The van der Waals surface area contributed by atoms with Gasteiger partial charge in [0.1, 0.15) is 6.07 Å². The maximum atomic E-state index is 12.8. The van der Waals surface area contributed by atoms with Crippen molar-refractivity contribution in [2.45, 2.75) is 6.42 Å². The lowest BCUT2D eigenvalue weighted by Gasteiger charge is -1.94. The SMILES string of the molecule is N#CCc1cnc(C#N)c(F)c1. The summed E-state index contributed by atoms with van der Waals surface area (Å²) in [5, 5.41) is 16.6. The molecule has 0 aliphatic heterocycles. The number of halogens is 1. The molecule has 1 rings (SSSR count). The minimum atomic E-state index is -0.676. The second-order valence-electron chi connectivity index (χ2n) is 2.12. The van der Waals surface area contributed by atoms with Crippen molar-refractivity contribution >= 4 is 0 Å². The molecule has 0 saturated carbocycles. The minimum Gasteiger partial charge on any atom is -0.242 e. The lowest BCUT2D eigenvalue weighted by atomic mass is 10.2. The van der Waals surface area contributed by atoms with Crippen molar-refractivity contribution in [1.82, 2.24) is 4.98 Å². The van der Waals surface area contributed by atoms with Gasteiger partial charge < -0.3 is 0 Å². The molecule has 0 saturated heterocycles. The predicted molar refractivity (Wildman–Crippen MR) is 38.2 cm³/mol. The second kappa shape index (κ2) is 3.45. The maximum Gasteiger partial charge on any atom is 0.176 e. The fourth-order valence-corrected chi connectivity index (χ4v) is 0.748. The first-order valence-corrected chi connectivity index (χ1v) is 3.19. The summed E-state index contributed by atoms with van der Waals surface area (Å²) in [5.41, 5.74) is 0.241. The fourth-order valence-electron chi connectivity index (χ4n) is 0.748. The Labute approximate surface area is 68.7 Å². The van der Waals surface area contributed by atoms with Crippen LogP contribution in [0.4, 0.5) is 4.39 Å². The summed E-state index contributed by atoms with van der Waals surface area (Å²) < 4.78 is 12.8. The summed E-state index contributed by atoms with van der Waals surface area (Å²) in [6.07, 6.45) is 1.43. The number of nitriles is 2. The average Bonchev–Trinajstić information content (AvgIpc) is 2.05. The zero-order valence-electron chi connectivity index (χ0n) is 6.08. The molecule has 4 heteroatoms. The Morgan fingerprint density at radius 2 is 2.25 bits per heavy atom. The zero-order chi connectivity index (χ0) is 8.97. The molecule has 0 radical (unpaired) electrons. The first-order valence-electron chi connectivity index (χ1n) is 3.19. The standard InChI is InChI=1S/C8H4FN3/c9-7-3-6(1-2-10)5-12-8(7)4-11/h3,5H,1H2. The van der Waals surface area contributed by atoms with Crippen molar-refractivity contribution in [2.24, 2.45) is 0 Å². The number of hydrogen-bond acceptors (Lipinski definition) is 3. The molecule has 0 unspecified atom stereocenters. The van der Waals surface area contributed by atoms with E-state index in [9.17, 15) is 4.39 Å². The van der Waals surface area contributed by atoms with Crippen LogP contribution in [0.25, 0.3) is 0 Å². The first-order chi connectivity index (χ1) is 5.77. The third kappa shape index (κ3) is 1.56. The number of pyridine rings is 1. The highest BCUT2D eigenvalue weighted by Crippen LogP contribution is 2.05. The van der Waals surface area contributed by atoms with Crippen molar-refractivity contribution in [2.75, 3.05) is 0 Å². The van der Waals surface area contributed by atoms with Gasteiger partial charge in [0.05, 0.1) is 12.5 Å². The van der Waals surface area contributed by atoms with E-state index in [-0.39, 0.29) is 12.1 Å².